The number of aromatic nitrogens is 1. The van der Waals surface area contributed by atoms with Crippen LogP contribution in [0.4, 0.5) is 0 Å². The molecular weight excluding hydrogens is 296 g/mol. The first kappa shape index (κ1) is 19.5. The molecule has 0 aliphatic heterocycles. The number of carbonyl (C=O) groups is 1. The monoisotopic (exact) mass is 318 g/mol. The number of carboxylic acids is 1. The van der Waals surface area contributed by atoms with Gasteiger partial charge in [0.1, 0.15) is 5.97 Å². The number of aliphatic carboxylic acids is 1. The van der Waals surface area contributed by atoms with Gasteiger partial charge in [-0.3, -0.25) is 9.54 Å². The minimum absolute atomic E-state index is 0.197. The second kappa shape index (κ2) is 7.48. The number of hydrogen-bond acceptors (Lipinski definition) is 5. The van der Waals surface area contributed by atoms with Crippen LogP contribution >= 0.6 is 0 Å². The van der Waals surface area contributed by atoms with Crippen molar-refractivity contribution in [1.82, 2.24) is 4.98 Å². The minimum Gasteiger partial charge on any atom is -0.543 e. The van der Waals surface area contributed by atoms with E-state index in [-0.39, 0.29) is 6.42 Å². The molecule has 0 saturated carbocycles. The van der Waals surface area contributed by atoms with Crippen molar-refractivity contribution in [2.75, 3.05) is 21.1 Å². The topological polar surface area (TPSA) is 107 Å². The largest absolute Gasteiger partial charge is 0.543 e. The van der Waals surface area contributed by atoms with Crippen molar-refractivity contribution in [3.63, 3.8) is 0 Å². The molecule has 1 unspecified atom stereocenters. The van der Waals surface area contributed by atoms with E-state index in [1.54, 1.807) is 19.3 Å². The zero-order chi connectivity index (χ0) is 16.7. The lowest BCUT2D eigenvalue weighted by Crippen LogP contribution is -2.69. The maximum absolute atomic E-state index is 11.3. The van der Waals surface area contributed by atoms with Gasteiger partial charge in [-0.15, -0.1) is 0 Å². The Morgan fingerprint density at radius 2 is 1.71 bits per heavy atom. The smallest absolute Gasteiger partial charge is 0.328 e. The number of quaternary nitrogens is 1. The van der Waals surface area contributed by atoms with Crippen LogP contribution in [-0.2, 0) is 14.9 Å². The van der Waals surface area contributed by atoms with Gasteiger partial charge in [0.2, 0.25) is 0 Å². The van der Waals surface area contributed by atoms with Crippen molar-refractivity contribution >= 4 is 16.1 Å². The first-order valence-electron chi connectivity index (χ1n) is 6.35. The van der Waals surface area contributed by atoms with E-state index >= 15 is 0 Å². The Labute approximate surface area is 125 Å². The van der Waals surface area contributed by atoms with Crippen LogP contribution in [0, 0.1) is 0 Å². The second-order valence-corrected chi connectivity index (χ2v) is 6.96. The third-order valence-electron chi connectivity index (χ3n) is 2.98. The second-order valence-electron chi connectivity index (χ2n) is 5.33. The van der Waals surface area contributed by atoms with E-state index in [0.29, 0.717) is 6.42 Å². The number of carboxylic acid groups (broad SMARTS) is 1. The summed E-state index contributed by atoms with van der Waals surface area (Å²) < 4.78 is 31.2. The fourth-order valence-corrected chi connectivity index (χ4v) is 3.31. The van der Waals surface area contributed by atoms with E-state index in [1.165, 1.54) is 21.1 Å². The summed E-state index contributed by atoms with van der Waals surface area (Å²) in [5, 5.41) is 11.0. The molecule has 0 saturated heterocycles. The zero-order valence-electron chi connectivity index (χ0n) is 12.7. The van der Waals surface area contributed by atoms with Gasteiger partial charge in [-0.1, -0.05) is 13.0 Å². The van der Waals surface area contributed by atoms with Crippen molar-refractivity contribution in [2.45, 2.75) is 24.6 Å². The van der Waals surface area contributed by atoms with Crippen LogP contribution < -0.4 is 5.11 Å². The molecule has 1 N–H and O–H groups in total. The molecule has 0 aliphatic carbocycles. The zero-order valence-corrected chi connectivity index (χ0v) is 13.5. The highest BCUT2D eigenvalue weighted by atomic mass is 32.2. The molecule has 0 aromatic carbocycles. The normalized spacial score (nSPS) is 14.5. The molecule has 0 spiro atoms. The number of carbonyl (C=O) groups excluding carboxylic acids is 1. The molecule has 1 aromatic heterocycles. The summed E-state index contributed by atoms with van der Waals surface area (Å²) in [5.41, 5.74) is 0. The fourth-order valence-electron chi connectivity index (χ4n) is 1.94. The van der Waals surface area contributed by atoms with Gasteiger partial charge < -0.3 is 14.4 Å². The molecule has 1 rings (SSSR count). The predicted octanol–water partition coefficient (Wildman–Crippen LogP) is -0.0917. The molecule has 120 valence electrons. The van der Waals surface area contributed by atoms with Gasteiger partial charge in [-0.05, 0) is 18.6 Å². The van der Waals surface area contributed by atoms with Crippen molar-refractivity contribution in [3.8, 4) is 0 Å². The minimum atomic E-state index is -4.74. The maximum atomic E-state index is 11.3. The fraction of sp³-hybridized carbons (Fsp3) is 0.538. The van der Waals surface area contributed by atoms with E-state index in [1.807, 2.05) is 18.2 Å². The van der Waals surface area contributed by atoms with Crippen LogP contribution in [0.1, 0.15) is 19.8 Å². The maximum Gasteiger partial charge on any atom is 0.328 e. The first-order valence-corrected chi connectivity index (χ1v) is 7.79. The molecule has 1 heterocycles. The molecule has 21 heavy (non-hydrogen) atoms. The van der Waals surface area contributed by atoms with Gasteiger partial charge in [-0.2, -0.15) is 8.42 Å². The molecule has 0 amide bonds. The summed E-state index contributed by atoms with van der Waals surface area (Å²) in [5.74, 6) is -1.78. The number of likely N-dealkylation sites (N-methyl/N-ethyl adjacent to an activating group) is 1. The van der Waals surface area contributed by atoms with Crippen LogP contribution in [0.3, 0.4) is 0 Å². The molecule has 1 aromatic rings. The van der Waals surface area contributed by atoms with Gasteiger partial charge >= 0.3 is 10.1 Å². The van der Waals surface area contributed by atoms with Crippen LogP contribution in [0.2, 0.25) is 0 Å². The summed E-state index contributed by atoms with van der Waals surface area (Å²) in [4.78, 5) is 12.5. The van der Waals surface area contributed by atoms with Crippen molar-refractivity contribution in [1.29, 1.82) is 0 Å². The number of hydrogen-bond donors (Lipinski definition) is 1. The lowest BCUT2D eigenvalue weighted by Gasteiger charge is -2.43. The van der Waals surface area contributed by atoms with E-state index in [4.69, 9.17) is 4.55 Å². The number of pyridine rings is 1. The molecule has 0 bridgehead atoms. The molecule has 8 heteroatoms. The lowest BCUT2D eigenvalue weighted by atomic mass is 10.1. The molecule has 0 radical (unpaired) electrons. The summed E-state index contributed by atoms with van der Waals surface area (Å²) in [6.45, 7) is 1.64. The third kappa shape index (κ3) is 4.76. The molecule has 0 aliphatic rings. The Bertz CT molecular complexity index is 513. The Morgan fingerprint density at radius 1 is 1.24 bits per heavy atom. The SMILES string of the molecule is CCCC(C(=O)[O-])([N+](C)(C)C)S(=O)(=O)O.c1ccncc1. The van der Waals surface area contributed by atoms with E-state index in [2.05, 4.69) is 4.98 Å². The highest BCUT2D eigenvalue weighted by Gasteiger charge is 2.55. The van der Waals surface area contributed by atoms with Gasteiger partial charge in [0, 0.05) is 18.8 Å². The average molecular weight is 318 g/mol. The summed E-state index contributed by atoms with van der Waals surface area (Å²) >= 11 is 0. The van der Waals surface area contributed by atoms with Crippen LogP contribution in [0.25, 0.3) is 0 Å². The third-order valence-corrected chi connectivity index (χ3v) is 4.76. The highest BCUT2D eigenvalue weighted by Crippen LogP contribution is 2.29. The van der Waals surface area contributed by atoms with E-state index in [9.17, 15) is 18.3 Å². The number of nitrogens with zero attached hydrogens (tertiary/aromatic N) is 2. The lowest BCUT2D eigenvalue weighted by molar-refractivity contribution is -0.901. The predicted molar refractivity (Wildman–Crippen MR) is 76.5 cm³/mol. The van der Waals surface area contributed by atoms with Crippen LogP contribution in [0.15, 0.2) is 30.6 Å². The van der Waals surface area contributed by atoms with E-state index < -0.39 is 25.4 Å². The Morgan fingerprint density at radius 3 is 1.81 bits per heavy atom. The van der Waals surface area contributed by atoms with Gasteiger partial charge in [0.05, 0.1) is 21.1 Å². The summed E-state index contributed by atoms with van der Waals surface area (Å²) in [7, 11) is -0.571. The Kier molecular flexibility index (Phi) is 6.95. The van der Waals surface area contributed by atoms with Crippen molar-refractivity contribution in [2.24, 2.45) is 0 Å². The summed E-state index contributed by atoms with van der Waals surface area (Å²) in [6, 6.07) is 5.72. The van der Waals surface area contributed by atoms with Crippen LogP contribution in [0.5, 0.6) is 0 Å². The molecule has 1 atom stereocenters. The van der Waals surface area contributed by atoms with Gasteiger partial charge in [-0.25, -0.2) is 0 Å². The van der Waals surface area contributed by atoms with Gasteiger partial charge in [0.25, 0.3) is 4.87 Å². The van der Waals surface area contributed by atoms with Crippen molar-refractivity contribution in [3.05, 3.63) is 30.6 Å². The van der Waals surface area contributed by atoms with Gasteiger partial charge in [0.15, 0.2) is 0 Å². The quantitative estimate of drug-likeness (QED) is 0.600. The van der Waals surface area contributed by atoms with Crippen LogP contribution in [-0.4, -0.2) is 54.4 Å². The number of rotatable bonds is 5. The summed E-state index contributed by atoms with van der Waals surface area (Å²) in [6.07, 6.45) is 3.61. The molecule has 0 fully saturated rings. The van der Waals surface area contributed by atoms with Crippen molar-refractivity contribution < 1.29 is 27.4 Å². The molecule has 7 nitrogen and oxygen atoms in total. The van der Waals surface area contributed by atoms with E-state index in [0.717, 1.165) is 0 Å². The standard InChI is InChI=1S/C8H17NO5S.C5H5N/c1-5-6-8(7(10)11,9(2,3)4)15(12,13)14;1-2-4-6-5-3-1/h5-6H2,1-4H3,(H-,10,11,12,13,14);1-5H. The first-order chi connectivity index (χ1) is 9.50. The highest BCUT2D eigenvalue weighted by molar-refractivity contribution is 7.87. The average Bonchev–Trinajstić information content (AvgIpc) is 2.35. The Balaban J connectivity index is 0.000000547. The Hall–Kier alpha value is -1.51. The molecular formula is C13H22N2O5S.